The maximum atomic E-state index is 12.4. The van der Waals surface area contributed by atoms with Crippen LogP contribution in [0.1, 0.15) is 30.1 Å². The highest BCUT2D eigenvalue weighted by atomic mass is 32.2. The van der Waals surface area contributed by atoms with E-state index in [1.54, 1.807) is 24.1 Å². The minimum absolute atomic E-state index is 0.0569. The number of anilines is 1. The third-order valence-electron chi connectivity index (χ3n) is 3.61. The van der Waals surface area contributed by atoms with Crippen molar-refractivity contribution in [1.29, 1.82) is 0 Å². The standard InChI is InChI=1S/C16H20N2O4S/c1-10-15(20)17-12-9-11(6-7-13(12)23-10)16(21)18(2)8-4-5-14(19)22-3/h6-7,9-10H,4-5,8H2,1-3H3,(H,17,20). The zero-order chi connectivity index (χ0) is 17.0. The summed E-state index contributed by atoms with van der Waals surface area (Å²) in [6.07, 6.45) is 0.826. The highest BCUT2D eigenvalue weighted by Crippen LogP contribution is 2.36. The van der Waals surface area contributed by atoms with Gasteiger partial charge in [-0.3, -0.25) is 14.4 Å². The first kappa shape index (κ1) is 17.3. The number of carbonyl (C=O) groups is 3. The minimum Gasteiger partial charge on any atom is -0.469 e. The molecule has 0 fully saturated rings. The molecule has 1 aromatic rings. The molecule has 1 unspecified atom stereocenters. The summed E-state index contributed by atoms with van der Waals surface area (Å²) in [4.78, 5) is 37.7. The van der Waals surface area contributed by atoms with Crippen LogP contribution in [0.15, 0.2) is 23.1 Å². The minimum atomic E-state index is -0.284. The second-order valence-electron chi connectivity index (χ2n) is 5.37. The molecular weight excluding hydrogens is 316 g/mol. The molecule has 0 saturated heterocycles. The van der Waals surface area contributed by atoms with E-state index in [0.717, 1.165) is 4.90 Å². The Hall–Kier alpha value is -2.02. The van der Waals surface area contributed by atoms with Crippen LogP contribution in [0.4, 0.5) is 5.69 Å². The maximum Gasteiger partial charge on any atom is 0.305 e. The van der Waals surface area contributed by atoms with Crippen molar-refractivity contribution in [1.82, 2.24) is 4.90 Å². The molecule has 6 nitrogen and oxygen atoms in total. The van der Waals surface area contributed by atoms with Crippen LogP contribution in [0, 0.1) is 0 Å². The number of amides is 2. The number of fused-ring (bicyclic) bond motifs is 1. The van der Waals surface area contributed by atoms with Crippen LogP contribution in [0.2, 0.25) is 0 Å². The molecule has 0 aliphatic carbocycles. The number of nitrogens with one attached hydrogen (secondary N) is 1. The van der Waals surface area contributed by atoms with Crippen LogP contribution in [0.3, 0.4) is 0 Å². The van der Waals surface area contributed by atoms with Crippen molar-refractivity contribution in [3.05, 3.63) is 23.8 Å². The Labute approximate surface area is 139 Å². The van der Waals surface area contributed by atoms with Crippen molar-refractivity contribution >= 4 is 35.2 Å². The first-order valence-electron chi connectivity index (χ1n) is 7.36. The lowest BCUT2D eigenvalue weighted by molar-refractivity contribution is -0.140. The number of benzene rings is 1. The Bertz CT molecular complexity index is 633. The number of esters is 1. The molecule has 2 rings (SSSR count). The van der Waals surface area contributed by atoms with Crippen LogP contribution < -0.4 is 5.32 Å². The predicted octanol–water partition coefficient (Wildman–Crippen LogP) is 2.14. The average Bonchev–Trinajstić information content (AvgIpc) is 2.54. The van der Waals surface area contributed by atoms with Crippen molar-refractivity contribution in [2.24, 2.45) is 0 Å². The third-order valence-corrected chi connectivity index (χ3v) is 4.78. The van der Waals surface area contributed by atoms with E-state index in [1.807, 2.05) is 13.0 Å². The second-order valence-corrected chi connectivity index (χ2v) is 6.75. The number of carbonyl (C=O) groups excluding carboxylic acids is 3. The first-order valence-corrected chi connectivity index (χ1v) is 8.24. The van der Waals surface area contributed by atoms with Gasteiger partial charge in [-0.1, -0.05) is 0 Å². The van der Waals surface area contributed by atoms with E-state index >= 15 is 0 Å². The number of hydrogen-bond acceptors (Lipinski definition) is 5. The lowest BCUT2D eigenvalue weighted by atomic mass is 10.1. The van der Waals surface area contributed by atoms with E-state index in [9.17, 15) is 14.4 Å². The monoisotopic (exact) mass is 336 g/mol. The number of nitrogens with zero attached hydrogens (tertiary/aromatic N) is 1. The predicted molar refractivity (Wildman–Crippen MR) is 88.6 cm³/mol. The van der Waals surface area contributed by atoms with Gasteiger partial charge < -0.3 is 15.0 Å². The van der Waals surface area contributed by atoms with E-state index in [2.05, 4.69) is 10.1 Å². The summed E-state index contributed by atoms with van der Waals surface area (Å²) >= 11 is 1.48. The fourth-order valence-corrected chi connectivity index (χ4v) is 3.16. The molecule has 1 heterocycles. The SMILES string of the molecule is COC(=O)CCCN(C)C(=O)c1ccc2c(c1)NC(=O)C(C)S2. The van der Waals surface area contributed by atoms with Crippen LogP contribution in [-0.4, -0.2) is 48.6 Å². The van der Waals surface area contributed by atoms with Gasteiger partial charge >= 0.3 is 5.97 Å². The number of rotatable bonds is 5. The van der Waals surface area contributed by atoms with Crippen molar-refractivity contribution in [2.75, 3.05) is 26.0 Å². The molecule has 7 heteroatoms. The largest absolute Gasteiger partial charge is 0.469 e. The smallest absolute Gasteiger partial charge is 0.305 e. The van der Waals surface area contributed by atoms with Gasteiger partial charge in [0.1, 0.15) is 0 Å². The van der Waals surface area contributed by atoms with E-state index in [1.165, 1.54) is 18.9 Å². The molecule has 0 aromatic heterocycles. The van der Waals surface area contributed by atoms with Gasteiger partial charge in [-0.25, -0.2) is 0 Å². The summed E-state index contributed by atoms with van der Waals surface area (Å²) in [6, 6.07) is 5.31. The second kappa shape index (κ2) is 7.50. The molecule has 0 saturated carbocycles. The zero-order valence-corrected chi connectivity index (χ0v) is 14.2. The topological polar surface area (TPSA) is 75.7 Å². The number of ether oxygens (including phenoxy) is 1. The molecule has 23 heavy (non-hydrogen) atoms. The summed E-state index contributed by atoms with van der Waals surface area (Å²) in [5.74, 6) is -0.484. The Morgan fingerprint density at radius 2 is 2.13 bits per heavy atom. The van der Waals surface area contributed by atoms with E-state index in [-0.39, 0.29) is 29.5 Å². The van der Waals surface area contributed by atoms with Gasteiger partial charge in [-0.15, -0.1) is 11.8 Å². The average molecular weight is 336 g/mol. The van der Waals surface area contributed by atoms with Gasteiger partial charge in [0.05, 0.1) is 18.0 Å². The Balaban J connectivity index is 2.01. The fourth-order valence-electron chi connectivity index (χ4n) is 2.23. The first-order chi connectivity index (χ1) is 10.9. The number of thioether (sulfide) groups is 1. The van der Waals surface area contributed by atoms with Gasteiger partial charge in [0.2, 0.25) is 5.91 Å². The molecule has 1 aromatic carbocycles. The molecule has 0 radical (unpaired) electrons. The lowest BCUT2D eigenvalue weighted by Gasteiger charge is -2.23. The molecule has 124 valence electrons. The number of hydrogen-bond donors (Lipinski definition) is 1. The molecule has 0 bridgehead atoms. The summed E-state index contributed by atoms with van der Waals surface area (Å²) in [6.45, 7) is 2.31. The van der Waals surface area contributed by atoms with Crippen molar-refractivity contribution in [3.63, 3.8) is 0 Å². The van der Waals surface area contributed by atoms with Crippen molar-refractivity contribution < 1.29 is 19.1 Å². The maximum absolute atomic E-state index is 12.4. The number of methoxy groups -OCH3 is 1. The molecule has 1 atom stereocenters. The normalized spacial score (nSPS) is 16.3. The summed E-state index contributed by atoms with van der Waals surface area (Å²) in [7, 11) is 3.03. The van der Waals surface area contributed by atoms with Gasteiger partial charge in [-0.05, 0) is 31.5 Å². The third kappa shape index (κ3) is 4.25. The van der Waals surface area contributed by atoms with Crippen molar-refractivity contribution in [2.45, 2.75) is 29.9 Å². The molecule has 1 aliphatic rings. The van der Waals surface area contributed by atoms with Gasteiger partial charge in [0, 0.05) is 30.5 Å². The molecule has 1 aliphatic heterocycles. The highest BCUT2D eigenvalue weighted by Gasteiger charge is 2.24. The van der Waals surface area contributed by atoms with Crippen molar-refractivity contribution in [3.8, 4) is 0 Å². The van der Waals surface area contributed by atoms with Crippen LogP contribution in [0.5, 0.6) is 0 Å². The molecule has 0 spiro atoms. The molecule has 1 N–H and O–H groups in total. The Morgan fingerprint density at radius 1 is 1.39 bits per heavy atom. The Morgan fingerprint density at radius 3 is 2.83 bits per heavy atom. The summed E-state index contributed by atoms with van der Waals surface area (Å²) < 4.78 is 4.57. The highest BCUT2D eigenvalue weighted by molar-refractivity contribution is 8.00. The van der Waals surface area contributed by atoms with E-state index in [0.29, 0.717) is 24.2 Å². The molecule has 2 amide bonds. The van der Waals surface area contributed by atoms with Crippen LogP contribution in [0.25, 0.3) is 0 Å². The van der Waals surface area contributed by atoms with E-state index < -0.39 is 0 Å². The van der Waals surface area contributed by atoms with Gasteiger partial charge in [0.15, 0.2) is 0 Å². The van der Waals surface area contributed by atoms with Crippen LogP contribution in [-0.2, 0) is 14.3 Å². The van der Waals surface area contributed by atoms with Gasteiger partial charge in [-0.2, -0.15) is 0 Å². The van der Waals surface area contributed by atoms with E-state index in [4.69, 9.17) is 0 Å². The lowest BCUT2D eigenvalue weighted by Crippen LogP contribution is -2.29. The summed E-state index contributed by atoms with van der Waals surface area (Å²) in [5, 5.41) is 2.68. The van der Waals surface area contributed by atoms with Gasteiger partial charge in [0.25, 0.3) is 5.91 Å². The van der Waals surface area contributed by atoms with Crippen LogP contribution >= 0.6 is 11.8 Å². The fraction of sp³-hybridized carbons (Fsp3) is 0.438. The zero-order valence-electron chi connectivity index (χ0n) is 13.4. The molecular formula is C16H20N2O4S. The Kier molecular flexibility index (Phi) is 5.65. The summed E-state index contributed by atoms with van der Waals surface area (Å²) in [5.41, 5.74) is 1.19. The quantitative estimate of drug-likeness (QED) is 0.834.